The van der Waals surface area contributed by atoms with Crippen LogP contribution in [0.3, 0.4) is 0 Å². The smallest absolute Gasteiger partial charge is 0.159 e. The summed E-state index contributed by atoms with van der Waals surface area (Å²) < 4.78 is 6.68. The molecule has 0 saturated carbocycles. The van der Waals surface area contributed by atoms with Crippen molar-refractivity contribution in [2.75, 3.05) is 5.32 Å². The molecule has 1 N–H and O–H groups in total. The molecule has 0 aliphatic rings. The van der Waals surface area contributed by atoms with Crippen LogP contribution in [0.4, 0.5) is 11.4 Å². The van der Waals surface area contributed by atoms with Crippen molar-refractivity contribution in [3.8, 4) is 22.3 Å². The van der Waals surface area contributed by atoms with Gasteiger partial charge in [0.1, 0.15) is 5.58 Å². The SMILES string of the molecule is CC(C)c1cccc2c1oc1c(Nc3ccc(-c4ccc5cc(-c6ccc7ccccc7c6)ccc5c4)cc3)cc3ccccc3c12. The van der Waals surface area contributed by atoms with Gasteiger partial charge in [-0.25, -0.2) is 0 Å². The fourth-order valence-corrected chi connectivity index (χ4v) is 7.09. The molecule has 224 valence electrons. The predicted molar refractivity (Wildman–Crippen MR) is 201 cm³/mol. The number of benzene rings is 8. The summed E-state index contributed by atoms with van der Waals surface area (Å²) in [7, 11) is 0. The Balaban J connectivity index is 1.04. The summed E-state index contributed by atoms with van der Waals surface area (Å²) in [4.78, 5) is 0. The molecule has 8 aromatic carbocycles. The number of nitrogens with one attached hydrogen (secondary N) is 1. The van der Waals surface area contributed by atoms with E-state index in [0.717, 1.165) is 22.5 Å². The highest BCUT2D eigenvalue weighted by Gasteiger charge is 2.18. The molecule has 0 spiro atoms. The number of hydrogen-bond donors (Lipinski definition) is 1. The number of para-hydroxylation sites is 1. The summed E-state index contributed by atoms with van der Waals surface area (Å²) >= 11 is 0. The summed E-state index contributed by atoms with van der Waals surface area (Å²) in [6.07, 6.45) is 0. The van der Waals surface area contributed by atoms with E-state index in [2.05, 4.69) is 171 Å². The van der Waals surface area contributed by atoms with Gasteiger partial charge in [0, 0.05) is 16.5 Å². The van der Waals surface area contributed by atoms with Crippen LogP contribution in [0.15, 0.2) is 156 Å². The molecule has 0 bridgehead atoms. The van der Waals surface area contributed by atoms with Gasteiger partial charge in [0.25, 0.3) is 0 Å². The van der Waals surface area contributed by atoms with Gasteiger partial charge in [-0.2, -0.15) is 0 Å². The number of fused-ring (bicyclic) bond motifs is 7. The van der Waals surface area contributed by atoms with Crippen molar-refractivity contribution >= 4 is 65.6 Å². The number of rotatable bonds is 5. The lowest BCUT2D eigenvalue weighted by Gasteiger charge is -2.11. The van der Waals surface area contributed by atoms with Crippen LogP contribution >= 0.6 is 0 Å². The largest absolute Gasteiger partial charge is 0.454 e. The molecule has 9 rings (SSSR count). The van der Waals surface area contributed by atoms with Gasteiger partial charge in [-0.1, -0.05) is 129 Å². The second-order valence-electron chi connectivity index (χ2n) is 12.9. The van der Waals surface area contributed by atoms with Crippen LogP contribution < -0.4 is 5.32 Å². The first-order valence-electron chi connectivity index (χ1n) is 16.4. The molecule has 9 aromatic rings. The van der Waals surface area contributed by atoms with Gasteiger partial charge in [-0.3, -0.25) is 0 Å². The molecule has 2 nitrogen and oxygen atoms in total. The van der Waals surface area contributed by atoms with Crippen LogP contribution in [0, 0.1) is 0 Å². The molecular weight excluding hydrogens is 571 g/mol. The maximum absolute atomic E-state index is 6.68. The molecule has 2 heteroatoms. The fourth-order valence-electron chi connectivity index (χ4n) is 7.09. The van der Waals surface area contributed by atoms with Crippen LogP contribution in [-0.4, -0.2) is 0 Å². The van der Waals surface area contributed by atoms with Gasteiger partial charge < -0.3 is 9.73 Å². The number of hydrogen-bond acceptors (Lipinski definition) is 2. The summed E-state index contributed by atoms with van der Waals surface area (Å²) in [6, 6.07) is 54.8. The Morgan fingerprint density at radius 3 is 1.70 bits per heavy atom. The van der Waals surface area contributed by atoms with E-state index in [9.17, 15) is 0 Å². The molecular formula is C45H33NO. The average molecular weight is 604 g/mol. The molecule has 0 unspecified atom stereocenters. The monoisotopic (exact) mass is 603 g/mol. The molecule has 47 heavy (non-hydrogen) atoms. The molecule has 1 aromatic heterocycles. The van der Waals surface area contributed by atoms with Crippen molar-refractivity contribution in [1.29, 1.82) is 0 Å². The summed E-state index contributed by atoms with van der Waals surface area (Å²) in [5.74, 6) is 0.372. The fraction of sp³-hybridized carbons (Fsp3) is 0.0667. The second-order valence-corrected chi connectivity index (χ2v) is 12.9. The van der Waals surface area contributed by atoms with Gasteiger partial charge in [-0.15, -0.1) is 0 Å². The van der Waals surface area contributed by atoms with Crippen molar-refractivity contribution in [2.45, 2.75) is 19.8 Å². The van der Waals surface area contributed by atoms with Crippen molar-refractivity contribution in [2.24, 2.45) is 0 Å². The van der Waals surface area contributed by atoms with Gasteiger partial charge in [-0.05, 0) is 102 Å². The predicted octanol–water partition coefficient (Wildman–Crippen LogP) is 13.2. The third-order valence-corrected chi connectivity index (χ3v) is 9.56. The van der Waals surface area contributed by atoms with Crippen molar-refractivity contribution in [3.05, 3.63) is 157 Å². The Labute approximate surface area is 273 Å². The minimum atomic E-state index is 0.372. The van der Waals surface area contributed by atoms with E-state index >= 15 is 0 Å². The Bertz CT molecular complexity index is 2620. The second kappa shape index (κ2) is 10.9. The quantitative estimate of drug-likeness (QED) is 0.212. The first-order chi connectivity index (χ1) is 23.1. The van der Waals surface area contributed by atoms with Crippen molar-refractivity contribution in [1.82, 2.24) is 0 Å². The van der Waals surface area contributed by atoms with Crippen LogP contribution in [0.25, 0.3) is 76.5 Å². The Morgan fingerprint density at radius 1 is 0.447 bits per heavy atom. The van der Waals surface area contributed by atoms with Crippen molar-refractivity contribution in [3.63, 3.8) is 0 Å². The number of anilines is 2. The van der Waals surface area contributed by atoms with Crippen LogP contribution in [0.1, 0.15) is 25.3 Å². The van der Waals surface area contributed by atoms with Crippen LogP contribution in [-0.2, 0) is 0 Å². The van der Waals surface area contributed by atoms with Gasteiger partial charge >= 0.3 is 0 Å². The standard InChI is InChI=1S/C45H33NO/c1-28(2)39-12-7-13-41-43-40-11-6-5-10-37(40)27-42(45(43)47-44(39)41)46-38-22-20-30(21-23-38)32-16-17-35-26-36(19-18-34(35)25-32)33-15-14-29-8-3-4-9-31(29)24-33/h3-28,46H,1-2H3. The van der Waals surface area contributed by atoms with E-state index in [0.29, 0.717) is 5.92 Å². The lowest BCUT2D eigenvalue weighted by Crippen LogP contribution is -1.91. The van der Waals surface area contributed by atoms with Crippen LogP contribution in [0.2, 0.25) is 0 Å². The summed E-state index contributed by atoms with van der Waals surface area (Å²) in [5.41, 5.74) is 9.98. The van der Waals surface area contributed by atoms with E-state index in [1.165, 1.54) is 70.9 Å². The molecule has 0 aliphatic carbocycles. The lowest BCUT2D eigenvalue weighted by molar-refractivity contribution is 0.658. The van der Waals surface area contributed by atoms with E-state index in [1.54, 1.807) is 0 Å². The van der Waals surface area contributed by atoms with E-state index in [-0.39, 0.29) is 0 Å². The molecule has 0 amide bonds. The van der Waals surface area contributed by atoms with Crippen molar-refractivity contribution < 1.29 is 4.42 Å². The highest BCUT2D eigenvalue weighted by Crippen LogP contribution is 2.42. The zero-order chi connectivity index (χ0) is 31.5. The molecule has 0 fully saturated rings. The minimum absolute atomic E-state index is 0.372. The topological polar surface area (TPSA) is 25.2 Å². The third-order valence-electron chi connectivity index (χ3n) is 9.56. The van der Waals surface area contributed by atoms with Crippen LogP contribution in [0.5, 0.6) is 0 Å². The third kappa shape index (κ3) is 4.73. The Hall–Kier alpha value is -5.86. The normalized spacial score (nSPS) is 11.8. The van der Waals surface area contributed by atoms with E-state index in [4.69, 9.17) is 4.42 Å². The molecule has 0 atom stereocenters. The Kier molecular flexibility index (Phi) is 6.36. The zero-order valence-corrected chi connectivity index (χ0v) is 26.4. The van der Waals surface area contributed by atoms with E-state index < -0.39 is 0 Å². The maximum atomic E-state index is 6.68. The maximum Gasteiger partial charge on any atom is 0.159 e. The van der Waals surface area contributed by atoms with Gasteiger partial charge in [0.2, 0.25) is 0 Å². The van der Waals surface area contributed by atoms with Gasteiger partial charge in [0.05, 0.1) is 5.69 Å². The first-order valence-corrected chi connectivity index (χ1v) is 16.4. The first kappa shape index (κ1) is 27.5. The summed E-state index contributed by atoms with van der Waals surface area (Å²) in [6.45, 7) is 4.44. The molecule has 0 radical (unpaired) electrons. The number of furan rings is 1. The van der Waals surface area contributed by atoms with E-state index in [1.807, 2.05) is 0 Å². The Morgan fingerprint density at radius 2 is 1.00 bits per heavy atom. The zero-order valence-electron chi connectivity index (χ0n) is 26.4. The lowest BCUT2D eigenvalue weighted by atomic mass is 9.96. The summed E-state index contributed by atoms with van der Waals surface area (Å²) in [5, 5.41) is 13.4. The highest BCUT2D eigenvalue weighted by molar-refractivity contribution is 6.22. The van der Waals surface area contributed by atoms with Gasteiger partial charge in [0.15, 0.2) is 5.58 Å². The molecule has 0 saturated heterocycles. The minimum Gasteiger partial charge on any atom is -0.454 e. The highest BCUT2D eigenvalue weighted by atomic mass is 16.3. The molecule has 0 aliphatic heterocycles. The average Bonchev–Trinajstić information content (AvgIpc) is 3.52. The molecule has 1 heterocycles.